The molecule has 0 saturated heterocycles. The van der Waals surface area contributed by atoms with E-state index < -0.39 is 0 Å². The normalized spacial score (nSPS) is 10.5. The second-order valence-electron chi connectivity index (χ2n) is 7.13. The summed E-state index contributed by atoms with van der Waals surface area (Å²) in [5.41, 5.74) is 1.06. The summed E-state index contributed by atoms with van der Waals surface area (Å²) in [6.07, 6.45) is 2.56. The first kappa shape index (κ1) is 23.7. The number of benzene rings is 1. The summed E-state index contributed by atoms with van der Waals surface area (Å²) in [5.74, 6) is 1.26. The van der Waals surface area contributed by atoms with Gasteiger partial charge < -0.3 is 19.3 Å². The maximum Gasteiger partial charge on any atom is 0.242 e. The molecule has 0 aliphatic rings. The van der Waals surface area contributed by atoms with E-state index in [0.717, 1.165) is 23.3 Å². The fraction of sp³-hybridized carbons (Fsp3) is 0.478. The minimum Gasteiger partial charge on any atom is -0.493 e. The van der Waals surface area contributed by atoms with Gasteiger partial charge in [0, 0.05) is 24.9 Å². The van der Waals surface area contributed by atoms with Gasteiger partial charge in [0.2, 0.25) is 11.8 Å². The van der Waals surface area contributed by atoms with Gasteiger partial charge in [0.1, 0.15) is 0 Å². The van der Waals surface area contributed by atoms with Crippen LogP contribution in [0.2, 0.25) is 0 Å². The number of rotatable bonds is 12. The molecule has 164 valence electrons. The SMILES string of the molecule is CCCCN(CC(=O)N(CCc1ccc(OC)c(OC)c1)Cc1cccs1)C(C)=O. The summed E-state index contributed by atoms with van der Waals surface area (Å²) >= 11 is 1.63. The smallest absolute Gasteiger partial charge is 0.242 e. The second-order valence-corrected chi connectivity index (χ2v) is 8.16. The Kier molecular flexibility index (Phi) is 9.67. The van der Waals surface area contributed by atoms with Crippen molar-refractivity contribution in [2.24, 2.45) is 0 Å². The predicted octanol–water partition coefficient (Wildman–Crippen LogP) is 3.99. The molecule has 0 aliphatic heterocycles. The van der Waals surface area contributed by atoms with Crippen LogP contribution >= 0.6 is 11.3 Å². The second kappa shape index (κ2) is 12.2. The van der Waals surface area contributed by atoms with E-state index in [-0.39, 0.29) is 18.4 Å². The van der Waals surface area contributed by atoms with Gasteiger partial charge in [-0.1, -0.05) is 25.5 Å². The lowest BCUT2D eigenvalue weighted by Gasteiger charge is -2.27. The number of hydrogen-bond acceptors (Lipinski definition) is 5. The largest absolute Gasteiger partial charge is 0.493 e. The Labute approximate surface area is 183 Å². The van der Waals surface area contributed by atoms with Crippen LogP contribution in [0, 0.1) is 0 Å². The van der Waals surface area contributed by atoms with Crippen molar-refractivity contribution in [3.8, 4) is 11.5 Å². The molecule has 0 radical (unpaired) electrons. The highest BCUT2D eigenvalue weighted by Crippen LogP contribution is 2.27. The van der Waals surface area contributed by atoms with Gasteiger partial charge in [-0.15, -0.1) is 11.3 Å². The molecule has 30 heavy (non-hydrogen) atoms. The first-order valence-electron chi connectivity index (χ1n) is 10.2. The summed E-state index contributed by atoms with van der Waals surface area (Å²) in [6, 6.07) is 9.82. The minimum atomic E-state index is -0.0623. The van der Waals surface area contributed by atoms with Crippen LogP contribution in [0.15, 0.2) is 35.7 Å². The summed E-state index contributed by atoms with van der Waals surface area (Å²) in [7, 11) is 3.22. The van der Waals surface area contributed by atoms with Gasteiger partial charge in [0.05, 0.1) is 27.3 Å². The highest BCUT2D eigenvalue weighted by atomic mass is 32.1. The van der Waals surface area contributed by atoms with E-state index in [9.17, 15) is 9.59 Å². The number of carbonyl (C=O) groups is 2. The molecule has 0 unspecified atom stereocenters. The highest BCUT2D eigenvalue weighted by molar-refractivity contribution is 7.09. The molecule has 2 aromatic rings. The molecule has 1 heterocycles. The van der Waals surface area contributed by atoms with Crippen LogP contribution < -0.4 is 9.47 Å². The molecule has 2 amide bonds. The number of unbranched alkanes of at least 4 members (excludes halogenated alkanes) is 1. The summed E-state index contributed by atoms with van der Waals surface area (Å²) in [5, 5.41) is 2.01. The van der Waals surface area contributed by atoms with Crippen LogP contribution in [-0.4, -0.2) is 55.5 Å². The fourth-order valence-corrected chi connectivity index (χ4v) is 3.86. The molecular weight excluding hydrogens is 400 g/mol. The van der Waals surface area contributed by atoms with E-state index >= 15 is 0 Å². The summed E-state index contributed by atoms with van der Waals surface area (Å²) in [6.45, 7) is 5.43. The predicted molar refractivity (Wildman–Crippen MR) is 120 cm³/mol. The number of ether oxygens (including phenoxy) is 2. The van der Waals surface area contributed by atoms with Crippen LogP contribution in [0.3, 0.4) is 0 Å². The Morgan fingerprint density at radius 3 is 2.40 bits per heavy atom. The number of amides is 2. The number of methoxy groups -OCH3 is 2. The zero-order valence-electron chi connectivity index (χ0n) is 18.3. The third kappa shape index (κ3) is 7.06. The maximum absolute atomic E-state index is 13.1. The minimum absolute atomic E-state index is 0.0322. The first-order valence-corrected chi connectivity index (χ1v) is 11.1. The fourth-order valence-electron chi connectivity index (χ4n) is 3.14. The highest BCUT2D eigenvalue weighted by Gasteiger charge is 2.20. The van der Waals surface area contributed by atoms with E-state index in [4.69, 9.17) is 9.47 Å². The molecule has 0 bridgehead atoms. The summed E-state index contributed by atoms with van der Waals surface area (Å²) < 4.78 is 10.7. The van der Waals surface area contributed by atoms with E-state index in [1.165, 1.54) is 6.92 Å². The van der Waals surface area contributed by atoms with Gasteiger partial charge >= 0.3 is 0 Å². The van der Waals surface area contributed by atoms with Crippen molar-refractivity contribution >= 4 is 23.2 Å². The van der Waals surface area contributed by atoms with Crippen molar-refractivity contribution in [2.45, 2.75) is 39.7 Å². The lowest BCUT2D eigenvalue weighted by Crippen LogP contribution is -2.43. The zero-order valence-corrected chi connectivity index (χ0v) is 19.2. The monoisotopic (exact) mass is 432 g/mol. The number of hydrogen-bond donors (Lipinski definition) is 0. The van der Waals surface area contributed by atoms with Gasteiger partial charge in [-0.25, -0.2) is 0 Å². The molecule has 0 atom stereocenters. The van der Waals surface area contributed by atoms with E-state index in [0.29, 0.717) is 37.6 Å². The van der Waals surface area contributed by atoms with Gasteiger partial charge in [-0.3, -0.25) is 9.59 Å². The van der Waals surface area contributed by atoms with E-state index in [1.807, 2.05) is 40.6 Å². The molecule has 0 fully saturated rings. The van der Waals surface area contributed by atoms with Gasteiger partial charge in [-0.05, 0) is 42.0 Å². The Balaban J connectivity index is 2.10. The third-order valence-corrected chi connectivity index (χ3v) is 5.81. The van der Waals surface area contributed by atoms with E-state index in [2.05, 4.69) is 6.92 Å². The molecule has 1 aromatic carbocycles. The lowest BCUT2D eigenvalue weighted by molar-refractivity contribution is -0.139. The topological polar surface area (TPSA) is 59.1 Å². The molecule has 7 heteroatoms. The average Bonchev–Trinajstić information content (AvgIpc) is 3.26. The van der Waals surface area contributed by atoms with Crippen molar-refractivity contribution in [1.82, 2.24) is 9.80 Å². The lowest BCUT2D eigenvalue weighted by atomic mass is 10.1. The number of thiophene rings is 1. The molecule has 1 aromatic heterocycles. The number of nitrogens with zero attached hydrogens (tertiary/aromatic N) is 2. The molecule has 2 rings (SSSR count). The maximum atomic E-state index is 13.1. The van der Waals surface area contributed by atoms with Crippen LogP contribution in [-0.2, 0) is 22.6 Å². The van der Waals surface area contributed by atoms with Gasteiger partial charge in [0.25, 0.3) is 0 Å². The van der Waals surface area contributed by atoms with Crippen LogP contribution in [0.25, 0.3) is 0 Å². The van der Waals surface area contributed by atoms with E-state index in [1.54, 1.807) is 30.5 Å². The molecule has 0 N–H and O–H groups in total. The Bertz CT molecular complexity index is 808. The quantitative estimate of drug-likeness (QED) is 0.509. The van der Waals surface area contributed by atoms with Crippen molar-refractivity contribution < 1.29 is 19.1 Å². The van der Waals surface area contributed by atoms with Crippen molar-refractivity contribution in [1.29, 1.82) is 0 Å². The Morgan fingerprint density at radius 2 is 1.80 bits per heavy atom. The van der Waals surface area contributed by atoms with Gasteiger partial charge in [0.15, 0.2) is 11.5 Å². The standard InChI is InChI=1S/C23H32N2O4S/c1-5-6-12-24(18(2)26)17-23(27)25(16-20-8-7-14-30-20)13-11-19-9-10-21(28-3)22(15-19)29-4/h7-10,14-15H,5-6,11-13,16-17H2,1-4H3. The Hall–Kier alpha value is -2.54. The number of carbonyl (C=O) groups excluding carboxylic acids is 2. The van der Waals surface area contributed by atoms with Crippen LogP contribution in [0.1, 0.15) is 37.1 Å². The van der Waals surface area contributed by atoms with Crippen LogP contribution in [0.5, 0.6) is 11.5 Å². The molecule has 0 saturated carbocycles. The molecule has 0 aliphatic carbocycles. The first-order chi connectivity index (χ1) is 14.5. The van der Waals surface area contributed by atoms with Crippen molar-refractivity contribution in [3.05, 3.63) is 46.2 Å². The van der Waals surface area contributed by atoms with Crippen molar-refractivity contribution in [3.63, 3.8) is 0 Å². The zero-order chi connectivity index (χ0) is 21.9. The van der Waals surface area contributed by atoms with Gasteiger partial charge in [-0.2, -0.15) is 0 Å². The molecular formula is C23H32N2O4S. The molecule has 0 spiro atoms. The van der Waals surface area contributed by atoms with Crippen LogP contribution in [0.4, 0.5) is 0 Å². The third-order valence-electron chi connectivity index (χ3n) is 4.95. The Morgan fingerprint density at radius 1 is 1.03 bits per heavy atom. The average molecular weight is 433 g/mol. The van der Waals surface area contributed by atoms with Crippen molar-refractivity contribution in [2.75, 3.05) is 33.9 Å². The molecule has 6 nitrogen and oxygen atoms in total. The summed E-state index contributed by atoms with van der Waals surface area (Å²) in [4.78, 5) is 29.7.